The van der Waals surface area contributed by atoms with E-state index in [0.717, 1.165) is 50.4 Å². The van der Waals surface area contributed by atoms with Crippen LogP contribution in [0.1, 0.15) is 25.3 Å². The number of anilines is 1. The lowest BCUT2D eigenvalue weighted by Crippen LogP contribution is -2.32. The van der Waals surface area contributed by atoms with Crippen molar-refractivity contribution in [3.05, 3.63) is 23.9 Å². The van der Waals surface area contributed by atoms with Gasteiger partial charge in [-0.25, -0.2) is 4.98 Å². The highest BCUT2D eigenvalue weighted by Crippen LogP contribution is 2.15. The number of nitrogens with one attached hydrogen (secondary N) is 2. The quantitative estimate of drug-likeness (QED) is 0.838. The summed E-state index contributed by atoms with van der Waals surface area (Å²) in [7, 11) is 0. The Morgan fingerprint density at radius 1 is 1.53 bits per heavy atom. The van der Waals surface area contributed by atoms with Crippen LogP contribution in [-0.2, 0) is 11.3 Å². The Bertz CT molecular complexity index is 422. The Hall–Kier alpha value is -1.62. The maximum atomic E-state index is 11.6. The Morgan fingerprint density at radius 2 is 2.42 bits per heavy atom. The molecule has 1 aromatic rings. The van der Waals surface area contributed by atoms with Gasteiger partial charge in [0.15, 0.2) is 0 Å². The number of amides is 1. The first-order valence-corrected chi connectivity index (χ1v) is 6.96. The molecule has 2 N–H and O–H groups in total. The second kappa shape index (κ2) is 7.09. The van der Waals surface area contributed by atoms with Gasteiger partial charge in [-0.05, 0) is 18.9 Å². The Morgan fingerprint density at radius 3 is 3.26 bits per heavy atom. The van der Waals surface area contributed by atoms with E-state index in [-0.39, 0.29) is 5.91 Å². The van der Waals surface area contributed by atoms with E-state index >= 15 is 0 Å². The van der Waals surface area contributed by atoms with Crippen LogP contribution < -0.4 is 10.6 Å². The molecule has 104 valence electrons. The Kier molecular flexibility index (Phi) is 5.15. The number of rotatable bonds is 5. The first kappa shape index (κ1) is 13.8. The van der Waals surface area contributed by atoms with Gasteiger partial charge in [-0.3, -0.25) is 9.69 Å². The third kappa shape index (κ3) is 4.21. The molecule has 1 fully saturated rings. The maximum Gasteiger partial charge on any atom is 0.234 e. The van der Waals surface area contributed by atoms with Gasteiger partial charge in [0, 0.05) is 37.9 Å². The third-order valence-corrected chi connectivity index (χ3v) is 3.17. The molecule has 1 aliphatic heterocycles. The second-order valence-electron chi connectivity index (χ2n) is 4.85. The fraction of sp³-hybridized carbons (Fsp3) is 0.571. The minimum atomic E-state index is 0.115. The molecule has 0 spiro atoms. The zero-order chi connectivity index (χ0) is 13.5. The zero-order valence-corrected chi connectivity index (χ0v) is 11.5. The van der Waals surface area contributed by atoms with Crippen molar-refractivity contribution >= 4 is 11.7 Å². The van der Waals surface area contributed by atoms with Gasteiger partial charge in [-0.2, -0.15) is 0 Å². The van der Waals surface area contributed by atoms with E-state index in [0.29, 0.717) is 6.54 Å². The van der Waals surface area contributed by atoms with Crippen molar-refractivity contribution in [2.24, 2.45) is 0 Å². The van der Waals surface area contributed by atoms with Crippen LogP contribution in [0, 0.1) is 0 Å². The van der Waals surface area contributed by atoms with Gasteiger partial charge in [0.05, 0.1) is 6.54 Å². The summed E-state index contributed by atoms with van der Waals surface area (Å²) < 4.78 is 0. The SMILES string of the molecule is CCCNc1ncccc1CN1CCCNC(=O)C1. The van der Waals surface area contributed by atoms with E-state index in [4.69, 9.17) is 0 Å². The van der Waals surface area contributed by atoms with Crippen LogP contribution in [0.15, 0.2) is 18.3 Å². The second-order valence-corrected chi connectivity index (χ2v) is 4.85. The molecule has 0 radical (unpaired) electrons. The number of carbonyl (C=O) groups excluding carboxylic acids is 1. The van der Waals surface area contributed by atoms with Gasteiger partial charge in [0.1, 0.15) is 5.82 Å². The van der Waals surface area contributed by atoms with Crippen molar-refractivity contribution in [3.63, 3.8) is 0 Å². The number of hydrogen-bond donors (Lipinski definition) is 2. The fourth-order valence-electron chi connectivity index (χ4n) is 2.21. The van der Waals surface area contributed by atoms with Crippen molar-refractivity contribution in [1.29, 1.82) is 0 Å². The number of hydrogen-bond acceptors (Lipinski definition) is 4. The van der Waals surface area contributed by atoms with E-state index in [9.17, 15) is 4.79 Å². The van der Waals surface area contributed by atoms with Gasteiger partial charge >= 0.3 is 0 Å². The van der Waals surface area contributed by atoms with Crippen molar-refractivity contribution in [3.8, 4) is 0 Å². The first-order valence-electron chi connectivity index (χ1n) is 6.96. The molecule has 0 atom stereocenters. The van der Waals surface area contributed by atoms with E-state index in [1.807, 2.05) is 6.07 Å². The van der Waals surface area contributed by atoms with E-state index in [1.165, 1.54) is 0 Å². The summed E-state index contributed by atoms with van der Waals surface area (Å²) in [6.45, 7) is 6.03. The molecule has 0 aromatic carbocycles. The molecule has 2 rings (SSSR count). The summed E-state index contributed by atoms with van der Waals surface area (Å²) in [5.41, 5.74) is 1.16. The Labute approximate surface area is 114 Å². The molecule has 0 saturated carbocycles. The lowest BCUT2D eigenvalue weighted by molar-refractivity contribution is -0.121. The van der Waals surface area contributed by atoms with Crippen molar-refractivity contribution < 1.29 is 4.79 Å². The molecule has 19 heavy (non-hydrogen) atoms. The van der Waals surface area contributed by atoms with Gasteiger partial charge in [0.25, 0.3) is 0 Å². The predicted molar refractivity (Wildman–Crippen MR) is 75.9 cm³/mol. The molecule has 1 aromatic heterocycles. The molecule has 0 aliphatic carbocycles. The lowest BCUT2D eigenvalue weighted by Gasteiger charge is -2.20. The normalized spacial score (nSPS) is 16.8. The van der Waals surface area contributed by atoms with Crippen LogP contribution in [0.25, 0.3) is 0 Å². The monoisotopic (exact) mass is 262 g/mol. The standard InChI is InChI=1S/C14H22N4O/c1-2-6-16-14-12(5-3-7-17-14)10-18-9-4-8-15-13(19)11-18/h3,5,7H,2,4,6,8-11H2,1H3,(H,15,19)(H,16,17). The highest BCUT2D eigenvalue weighted by molar-refractivity contribution is 5.78. The molecule has 2 heterocycles. The highest BCUT2D eigenvalue weighted by atomic mass is 16.2. The van der Waals surface area contributed by atoms with Crippen molar-refractivity contribution in [2.75, 3.05) is 31.5 Å². The number of carbonyl (C=O) groups is 1. The molecule has 5 heteroatoms. The van der Waals surface area contributed by atoms with E-state index in [1.54, 1.807) is 6.20 Å². The van der Waals surface area contributed by atoms with Crippen LogP contribution >= 0.6 is 0 Å². The molecular weight excluding hydrogens is 240 g/mol. The van der Waals surface area contributed by atoms with Crippen LogP contribution in [0.3, 0.4) is 0 Å². The number of nitrogens with zero attached hydrogens (tertiary/aromatic N) is 2. The number of pyridine rings is 1. The minimum absolute atomic E-state index is 0.115. The fourth-order valence-corrected chi connectivity index (χ4v) is 2.21. The topological polar surface area (TPSA) is 57.3 Å². The first-order chi connectivity index (χ1) is 9.29. The highest BCUT2D eigenvalue weighted by Gasteiger charge is 2.16. The van der Waals surface area contributed by atoms with Crippen LogP contribution in [-0.4, -0.2) is 42.0 Å². The van der Waals surface area contributed by atoms with Gasteiger partial charge in [0.2, 0.25) is 5.91 Å². The van der Waals surface area contributed by atoms with E-state index < -0.39 is 0 Å². The lowest BCUT2D eigenvalue weighted by atomic mass is 10.2. The molecule has 1 amide bonds. The Balaban J connectivity index is 2.02. The van der Waals surface area contributed by atoms with Crippen molar-refractivity contribution in [2.45, 2.75) is 26.3 Å². The summed E-state index contributed by atoms with van der Waals surface area (Å²) >= 11 is 0. The maximum absolute atomic E-state index is 11.6. The van der Waals surface area contributed by atoms with Gasteiger partial charge in [-0.1, -0.05) is 13.0 Å². The summed E-state index contributed by atoms with van der Waals surface area (Å²) in [6.07, 6.45) is 3.88. The van der Waals surface area contributed by atoms with Gasteiger partial charge < -0.3 is 10.6 Å². The molecule has 0 unspecified atom stereocenters. The smallest absolute Gasteiger partial charge is 0.234 e. The zero-order valence-electron chi connectivity index (χ0n) is 11.5. The molecular formula is C14H22N4O. The summed E-state index contributed by atoms with van der Waals surface area (Å²) in [5, 5.41) is 6.24. The number of aromatic nitrogens is 1. The predicted octanol–water partition coefficient (Wildman–Crippen LogP) is 1.23. The van der Waals surface area contributed by atoms with E-state index in [2.05, 4.69) is 33.5 Å². The molecule has 5 nitrogen and oxygen atoms in total. The van der Waals surface area contributed by atoms with Gasteiger partial charge in [-0.15, -0.1) is 0 Å². The molecule has 1 saturated heterocycles. The third-order valence-electron chi connectivity index (χ3n) is 3.17. The minimum Gasteiger partial charge on any atom is -0.370 e. The average molecular weight is 262 g/mol. The summed E-state index contributed by atoms with van der Waals surface area (Å²) in [5.74, 6) is 1.05. The van der Waals surface area contributed by atoms with Crippen LogP contribution in [0.5, 0.6) is 0 Å². The van der Waals surface area contributed by atoms with Crippen molar-refractivity contribution in [1.82, 2.24) is 15.2 Å². The molecule has 0 bridgehead atoms. The van der Waals surface area contributed by atoms with Crippen LogP contribution in [0.2, 0.25) is 0 Å². The molecule has 1 aliphatic rings. The average Bonchev–Trinajstić information content (AvgIpc) is 2.62. The largest absolute Gasteiger partial charge is 0.370 e. The summed E-state index contributed by atoms with van der Waals surface area (Å²) in [4.78, 5) is 18.1. The summed E-state index contributed by atoms with van der Waals surface area (Å²) in [6, 6.07) is 4.03. The van der Waals surface area contributed by atoms with Crippen LogP contribution in [0.4, 0.5) is 5.82 Å².